The van der Waals surface area contributed by atoms with Crippen LogP contribution < -0.4 is 10.9 Å². The summed E-state index contributed by atoms with van der Waals surface area (Å²) in [7, 11) is 0. The number of hydrogen-bond donors (Lipinski definition) is 1. The summed E-state index contributed by atoms with van der Waals surface area (Å²) in [5, 5.41) is 3.72. The first-order chi connectivity index (χ1) is 13.8. The van der Waals surface area contributed by atoms with Gasteiger partial charge in [-0.15, -0.1) is 0 Å². The third kappa shape index (κ3) is 4.37. The molecule has 0 bridgehead atoms. The Morgan fingerprint density at radius 2 is 1.79 bits per heavy atom. The van der Waals surface area contributed by atoms with Crippen LogP contribution in [0.15, 0.2) is 47.3 Å². The van der Waals surface area contributed by atoms with Crippen LogP contribution in [0.2, 0.25) is 0 Å². The van der Waals surface area contributed by atoms with Gasteiger partial charge in [-0.05, 0) is 63.1 Å². The molecule has 0 aliphatic carbocycles. The molecule has 1 amide bonds. The molecule has 0 radical (unpaired) electrons. The van der Waals surface area contributed by atoms with Gasteiger partial charge in [0.25, 0.3) is 5.56 Å². The minimum absolute atomic E-state index is 0.122. The fourth-order valence-corrected chi connectivity index (χ4v) is 3.51. The highest BCUT2D eigenvalue weighted by Gasteiger charge is 2.14. The number of fused-ring (bicyclic) bond motifs is 1. The minimum atomic E-state index is -0.449. The second-order valence-electron chi connectivity index (χ2n) is 7.08. The van der Waals surface area contributed by atoms with Gasteiger partial charge >= 0.3 is 5.97 Å². The summed E-state index contributed by atoms with van der Waals surface area (Å²) in [6.45, 7) is 7.72. The number of aromatic nitrogens is 1. The van der Waals surface area contributed by atoms with Crippen LogP contribution in [0, 0.1) is 20.8 Å². The van der Waals surface area contributed by atoms with Crippen molar-refractivity contribution < 1.29 is 14.3 Å². The molecule has 6 nitrogen and oxygen atoms in total. The van der Waals surface area contributed by atoms with Crippen molar-refractivity contribution in [3.05, 3.63) is 75.1 Å². The second-order valence-corrected chi connectivity index (χ2v) is 7.08. The van der Waals surface area contributed by atoms with Gasteiger partial charge in [-0.3, -0.25) is 14.2 Å². The number of nitrogens with zero attached hydrogens (tertiary/aromatic N) is 1. The number of carbonyl (C=O) groups is 2. The molecule has 0 saturated carbocycles. The molecule has 29 heavy (non-hydrogen) atoms. The van der Waals surface area contributed by atoms with Crippen molar-refractivity contribution in [2.45, 2.75) is 34.2 Å². The number of anilines is 1. The fraction of sp³-hybridized carbons (Fsp3) is 0.261. The Kier molecular flexibility index (Phi) is 5.82. The van der Waals surface area contributed by atoms with Crippen molar-refractivity contribution in [2.75, 3.05) is 11.9 Å². The van der Waals surface area contributed by atoms with E-state index in [2.05, 4.69) is 5.32 Å². The highest BCUT2D eigenvalue weighted by molar-refractivity contribution is 5.95. The largest absolute Gasteiger partial charge is 0.462 e. The molecule has 2 aromatic carbocycles. The summed E-state index contributed by atoms with van der Waals surface area (Å²) in [4.78, 5) is 37.2. The Bertz CT molecular complexity index is 1160. The molecule has 1 aromatic heterocycles. The lowest BCUT2D eigenvalue weighted by atomic mass is 10.0. The maximum atomic E-state index is 12.7. The summed E-state index contributed by atoms with van der Waals surface area (Å²) in [6, 6.07) is 12.1. The predicted octanol–water partition coefficient (Wildman–Crippen LogP) is 3.74. The monoisotopic (exact) mass is 392 g/mol. The molecule has 3 rings (SSSR count). The first-order valence-electron chi connectivity index (χ1n) is 9.48. The summed E-state index contributed by atoms with van der Waals surface area (Å²) in [6.07, 6.45) is 0. The summed E-state index contributed by atoms with van der Waals surface area (Å²) >= 11 is 0. The molecule has 0 aliphatic rings. The molecular weight excluding hydrogens is 368 g/mol. The molecule has 0 fully saturated rings. The number of hydrogen-bond acceptors (Lipinski definition) is 4. The van der Waals surface area contributed by atoms with Crippen LogP contribution in [-0.2, 0) is 16.1 Å². The lowest BCUT2D eigenvalue weighted by molar-refractivity contribution is -0.116. The molecule has 0 saturated heterocycles. The zero-order valence-electron chi connectivity index (χ0n) is 17.0. The number of esters is 1. The lowest BCUT2D eigenvalue weighted by Gasteiger charge is -2.15. The van der Waals surface area contributed by atoms with E-state index in [0.29, 0.717) is 11.3 Å². The third-order valence-electron chi connectivity index (χ3n) is 4.70. The third-order valence-corrected chi connectivity index (χ3v) is 4.70. The van der Waals surface area contributed by atoms with Crippen LogP contribution in [0.25, 0.3) is 10.9 Å². The number of rotatable bonds is 5. The van der Waals surface area contributed by atoms with E-state index in [9.17, 15) is 14.4 Å². The van der Waals surface area contributed by atoms with Gasteiger partial charge in [-0.2, -0.15) is 0 Å². The molecule has 150 valence electrons. The SMILES string of the molecule is CCOC(=O)c1cccc(NC(=O)Cn2c(=O)cc(C)c3cc(C)cc(C)c32)c1. The van der Waals surface area contributed by atoms with E-state index in [-0.39, 0.29) is 24.6 Å². The molecule has 0 spiro atoms. The summed E-state index contributed by atoms with van der Waals surface area (Å²) < 4.78 is 6.47. The molecular formula is C23H24N2O4. The average molecular weight is 392 g/mol. The van der Waals surface area contributed by atoms with Gasteiger partial charge < -0.3 is 10.1 Å². The van der Waals surface area contributed by atoms with Gasteiger partial charge in [0, 0.05) is 17.1 Å². The van der Waals surface area contributed by atoms with Gasteiger partial charge in [0.15, 0.2) is 0 Å². The number of amides is 1. The van der Waals surface area contributed by atoms with E-state index in [4.69, 9.17) is 4.74 Å². The molecule has 0 unspecified atom stereocenters. The molecule has 3 aromatic rings. The van der Waals surface area contributed by atoms with Crippen LogP contribution in [0.1, 0.15) is 34.0 Å². The van der Waals surface area contributed by atoms with Crippen molar-refractivity contribution in [1.82, 2.24) is 4.57 Å². The summed E-state index contributed by atoms with van der Waals surface area (Å²) in [5.41, 5.74) is 4.29. The van der Waals surface area contributed by atoms with E-state index >= 15 is 0 Å². The van der Waals surface area contributed by atoms with E-state index in [1.165, 1.54) is 4.57 Å². The smallest absolute Gasteiger partial charge is 0.338 e. The van der Waals surface area contributed by atoms with Gasteiger partial charge in [-0.25, -0.2) is 4.79 Å². The van der Waals surface area contributed by atoms with Crippen molar-refractivity contribution >= 4 is 28.5 Å². The highest BCUT2D eigenvalue weighted by atomic mass is 16.5. The number of benzene rings is 2. The fourth-order valence-electron chi connectivity index (χ4n) is 3.51. The van der Waals surface area contributed by atoms with E-state index in [1.807, 2.05) is 32.9 Å². The first kappa shape index (κ1) is 20.3. The Morgan fingerprint density at radius 1 is 1.03 bits per heavy atom. The minimum Gasteiger partial charge on any atom is -0.462 e. The highest BCUT2D eigenvalue weighted by Crippen LogP contribution is 2.22. The van der Waals surface area contributed by atoms with Crippen molar-refractivity contribution in [3.63, 3.8) is 0 Å². The Hall–Kier alpha value is -3.41. The van der Waals surface area contributed by atoms with Crippen molar-refractivity contribution in [3.8, 4) is 0 Å². The standard InChI is InChI=1S/C23H24N2O4/c1-5-29-23(28)17-7-6-8-18(12-17)24-20(26)13-25-21(27)11-15(3)19-10-14(2)9-16(4)22(19)25/h6-12H,5,13H2,1-4H3,(H,24,26). The van der Waals surface area contributed by atoms with Gasteiger partial charge in [0.1, 0.15) is 6.54 Å². The maximum Gasteiger partial charge on any atom is 0.338 e. The van der Waals surface area contributed by atoms with Crippen LogP contribution in [0.5, 0.6) is 0 Å². The topological polar surface area (TPSA) is 77.4 Å². The Morgan fingerprint density at radius 3 is 2.52 bits per heavy atom. The van der Waals surface area contributed by atoms with Crippen LogP contribution in [0.4, 0.5) is 5.69 Å². The molecule has 6 heteroatoms. The van der Waals surface area contributed by atoms with Gasteiger partial charge in [0.2, 0.25) is 5.91 Å². The van der Waals surface area contributed by atoms with Crippen LogP contribution in [0.3, 0.4) is 0 Å². The average Bonchev–Trinajstić information content (AvgIpc) is 2.65. The first-order valence-corrected chi connectivity index (χ1v) is 9.48. The van der Waals surface area contributed by atoms with Gasteiger partial charge in [-0.1, -0.05) is 17.7 Å². The number of pyridine rings is 1. The second kappa shape index (κ2) is 8.31. The number of carbonyl (C=O) groups excluding carboxylic acids is 2. The van der Waals surface area contributed by atoms with Crippen LogP contribution >= 0.6 is 0 Å². The quantitative estimate of drug-likeness (QED) is 0.671. The van der Waals surface area contributed by atoms with Gasteiger partial charge in [0.05, 0.1) is 17.7 Å². The Balaban J connectivity index is 1.91. The molecule has 0 atom stereocenters. The Labute approximate surface area is 169 Å². The maximum absolute atomic E-state index is 12.7. The van der Waals surface area contributed by atoms with Crippen molar-refractivity contribution in [2.24, 2.45) is 0 Å². The number of nitrogens with one attached hydrogen (secondary N) is 1. The number of aryl methyl sites for hydroxylation is 3. The zero-order valence-corrected chi connectivity index (χ0v) is 17.0. The lowest BCUT2D eigenvalue weighted by Crippen LogP contribution is -2.28. The van der Waals surface area contributed by atoms with E-state index < -0.39 is 5.97 Å². The summed E-state index contributed by atoms with van der Waals surface area (Å²) in [5.74, 6) is -0.798. The molecule has 1 heterocycles. The number of ether oxygens (including phenoxy) is 1. The predicted molar refractivity (Wildman–Crippen MR) is 113 cm³/mol. The molecule has 1 N–H and O–H groups in total. The van der Waals surface area contributed by atoms with E-state index in [0.717, 1.165) is 27.6 Å². The van der Waals surface area contributed by atoms with Crippen LogP contribution in [-0.4, -0.2) is 23.1 Å². The zero-order chi connectivity index (χ0) is 21.1. The van der Waals surface area contributed by atoms with Crippen molar-refractivity contribution in [1.29, 1.82) is 0 Å². The van der Waals surface area contributed by atoms with E-state index in [1.54, 1.807) is 37.3 Å². The normalized spacial score (nSPS) is 10.8. The molecule has 0 aliphatic heterocycles.